The first-order valence-electron chi connectivity index (χ1n) is 5.87. The van der Waals surface area contributed by atoms with Crippen LogP contribution in [0.2, 0.25) is 0 Å². The third-order valence-electron chi connectivity index (χ3n) is 2.79. The molecule has 5 heteroatoms. The van der Waals surface area contributed by atoms with E-state index in [0.717, 1.165) is 11.3 Å². The lowest BCUT2D eigenvalue weighted by Crippen LogP contribution is -2.25. The molecular weight excluding hydrogens is 234 g/mol. The molecule has 0 heterocycles. The molecule has 0 radical (unpaired) electrons. The summed E-state index contributed by atoms with van der Waals surface area (Å²) in [6.07, 6.45) is 0.490. The molecule has 5 nitrogen and oxygen atoms in total. The van der Waals surface area contributed by atoms with Crippen LogP contribution in [0.15, 0.2) is 12.1 Å². The van der Waals surface area contributed by atoms with Gasteiger partial charge in [-0.25, -0.2) is 0 Å². The van der Waals surface area contributed by atoms with Crippen LogP contribution >= 0.6 is 0 Å². The number of rotatable bonds is 7. The van der Waals surface area contributed by atoms with Crippen LogP contribution in [0.5, 0.6) is 11.5 Å². The van der Waals surface area contributed by atoms with Crippen LogP contribution in [0.4, 0.5) is 5.69 Å². The standard InChI is InChI=1S/C13H21NO4/c1-9-6-12(17-2)13(18-3)7-11(9)14-10(8-16)4-5-15/h6-7,10,14-16H,4-5,8H2,1-3H3. The monoisotopic (exact) mass is 255 g/mol. The molecule has 0 aliphatic carbocycles. The van der Waals surface area contributed by atoms with Crippen LogP contribution in [0.3, 0.4) is 0 Å². The number of aliphatic hydroxyl groups excluding tert-OH is 2. The molecule has 0 bridgehead atoms. The molecule has 102 valence electrons. The minimum atomic E-state index is -0.174. The second-order valence-corrected chi connectivity index (χ2v) is 4.06. The quantitative estimate of drug-likeness (QED) is 0.682. The van der Waals surface area contributed by atoms with Gasteiger partial charge in [0, 0.05) is 18.4 Å². The second kappa shape index (κ2) is 7.08. The fourth-order valence-corrected chi connectivity index (χ4v) is 1.72. The summed E-state index contributed by atoms with van der Waals surface area (Å²) in [7, 11) is 3.17. The summed E-state index contributed by atoms with van der Waals surface area (Å²) in [4.78, 5) is 0. The van der Waals surface area contributed by atoms with E-state index in [0.29, 0.717) is 17.9 Å². The average molecular weight is 255 g/mol. The first kappa shape index (κ1) is 14.6. The van der Waals surface area contributed by atoms with Crippen molar-refractivity contribution in [2.45, 2.75) is 19.4 Å². The molecule has 0 aliphatic rings. The van der Waals surface area contributed by atoms with Gasteiger partial charge in [0.25, 0.3) is 0 Å². The lowest BCUT2D eigenvalue weighted by Gasteiger charge is -2.19. The predicted octanol–water partition coefficient (Wildman–Crippen LogP) is 1.17. The zero-order valence-electron chi connectivity index (χ0n) is 11.1. The van der Waals surface area contributed by atoms with Crippen molar-refractivity contribution in [1.29, 1.82) is 0 Å². The summed E-state index contributed by atoms with van der Waals surface area (Å²) in [6.45, 7) is 1.94. The lowest BCUT2D eigenvalue weighted by atomic mass is 10.1. The van der Waals surface area contributed by atoms with Crippen LogP contribution in [-0.2, 0) is 0 Å². The normalized spacial score (nSPS) is 12.1. The summed E-state index contributed by atoms with van der Waals surface area (Å²) in [6, 6.07) is 3.52. The molecule has 1 atom stereocenters. The van der Waals surface area contributed by atoms with E-state index in [1.54, 1.807) is 14.2 Å². The molecule has 0 fully saturated rings. The van der Waals surface area contributed by atoms with Gasteiger partial charge in [0.15, 0.2) is 11.5 Å². The van der Waals surface area contributed by atoms with E-state index in [4.69, 9.17) is 14.6 Å². The number of methoxy groups -OCH3 is 2. The van der Waals surface area contributed by atoms with Crippen LogP contribution in [0.25, 0.3) is 0 Å². The third kappa shape index (κ3) is 3.51. The van der Waals surface area contributed by atoms with E-state index in [9.17, 15) is 5.11 Å². The molecule has 1 rings (SSSR count). The SMILES string of the molecule is COc1cc(C)c(NC(CO)CCO)cc1OC. The number of ether oxygens (including phenoxy) is 2. The highest BCUT2D eigenvalue weighted by molar-refractivity contribution is 5.60. The largest absolute Gasteiger partial charge is 0.493 e. The van der Waals surface area contributed by atoms with E-state index >= 15 is 0 Å². The van der Waals surface area contributed by atoms with Crippen molar-refractivity contribution in [3.63, 3.8) is 0 Å². The van der Waals surface area contributed by atoms with Gasteiger partial charge in [-0.3, -0.25) is 0 Å². The van der Waals surface area contributed by atoms with Crippen LogP contribution in [0, 0.1) is 6.92 Å². The summed E-state index contributed by atoms with van der Waals surface area (Å²) in [5, 5.41) is 21.3. The Morgan fingerprint density at radius 2 is 1.78 bits per heavy atom. The molecular formula is C13H21NO4. The number of benzene rings is 1. The topological polar surface area (TPSA) is 71.0 Å². The zero-order valence-corrected chi connectivity index (χ0v) is 11.1. The molecule has 1 unspecified atom stereocenters. The molecule has 1 aromatic carbocycles. The fourth-order valence-electron chi connectivity index (χ4n) is 1.72. The van der Waals surface area contributed by atoms with Gasteiger partial charge in [-0.1, -0.05) is 0 Å². The molecule has 1 aromatic rings. The maximum Gasteiger partial charge on any atom is 0.162 e. The lowest BCUT2D eigenvalue weighted by molar-refractivity contribution is 0.229. The van der Waals surface area contributed by atoms with Gasteiger partial charge in [-0.05, 0) is 25.0 Å². The van der Waals surface area contributed by atoms with Gasteiger partial charge in [0.2, 0.25) is 0 Å². The number of aliphatic hydroxyl groups is 2. The highest BCUT2D eigenvalue weighted by Crippen LogP contribution is 2.33. The minimum Gasteiger partial charge on any atom is -0.493 e. The van der Waals surface area contributed by atoms with Gasteiger partial charge >= 0.3 is 0 Å². The molecule has 0 aromatic heterocycles. The molecule has 0 spiro atoms. The number of hydrogen-bond acceptors (Lipinski definition) is 5. The Balaban J connectivity index is 2.94. The van der Waals surface area contributed by atoms with Gasteiger partial charge in [-0.2, -0.15) is 0 Å². The molecule has 0 saturated carbocycles. The summed E-state index contributed by atoms with van der Waals surface area (Å²) < 4.78 is 10.4. The first-order chi connectivity index (χ1) is 8.65. The predicted molar refractivity (Wildman–Crippen MR) is 70.5 cm³/mol. The van der Waals surface area contributed by atoms with Crippen LogP contribution in [0.1, 0.15) is 12.0 Å². The number of nitrogens with one attached hydrogen (secondary N) is 1. The van der Waals surface area contributed by atoms with Gasteiger partial charge in [0.05, 0.1) is 26.9 Å². The van der Waals surface area contributed by atoms with Crippen molar-refractivity contribution >= 4 is 5.69 Å². The number of anilines is 1. The Bertz CT molecular complexity index is 381. The minimum absolute atomic E-state index is 0.0323. The summed E-state index contributed by atoms with van der Waals surface area (Å²) in [5.74, 6) is 1.30. The number of hydrogen-bond donors (Lipinski definition) is 3. The Hall–Kier alpha value is -1.46. The van der Waals surface area contributed by atoms with Crippen molar-refractivity contribution in [3.05, 3.63) is 17.7 Å². The van der Waals surface area contributed by atoms with Crippen LogP contribution < -0.4 is 14.8 Å². The van der Waals surface area contributed by atoms with Gasteiger partial charge in [0.1, 0.15) is 0 Å². The van der Waals surface area contributed by atoms with Gasteiger partial charge in [-0.15, -0.1) is 0 Å². The average Bonchev–Trinajstić information content (AvgIpc) is 2.39. The Kier molecular flexibility index (Phi) is 5.74. The fraction of sp³-hybridized carbons (Fsp3) is 0.538. The molecule has 3 N–H and O–H groups in total. The molecule has 0 saturated heterocycles. The first-order valence-corrected chi connectivity index (χ1v) is 5.87. The van der Waals surface area contributed by atoms with E-state index in [-0.39, 0.29) is 19.3 Å². The Morgan fingerprint density at radius 3 is 2.28 bits per heavy atom. The highest BCUT2D eigenvalue weighted by atomic mass is 16.5. The van der Waals surface area contributed by atoms with E-state index in [1.165, 1.54) is 0 Å². The molecule has 18 heavy (non-hydrogen) atoms. The molecule has 0 aliphatic heterocycles. The maximum absolute atomic E-state index is 9.21. The number of aryl methyl sites for hydroxylation is 1. The van der Waals surface area contributed by atoms with Crippen molar-refractivity contribution < 1.29 is 19.7 Å². The zero-order chi connectivity index (χ0) is 13.5. The Morgan fingerprint density at radius 1 is 1.17 bits per heavy atom. The Labute approximate surface area is 107 Å². The van der Waals surface area contributed by atoms with E-state index in [1.807, 2.05) is 19.1 Å². The summed E-state index contributed by atoms with van der Waals surface area (Å²) >= 11 is 0. The van der Waals surface area contributed by atoms with Crippen molar-refractivity contribution in [2.24, 2.45) is 0 Å². The molecule has 0 amide bonds. The second-order valence-electron chi connectivity index (χ2n) is 4.06. The third-order valence-corrected chi connectivity index (χ3v) is 2.79. The summed E-state index contributed by atoms with van der Waals surface area (Å²) in [5.41, 5.74) is 1.85. The van der Waals surface area contributed by atoms with Crippen molar-refractivity contribution in [1.82, 2.24) is 0 Å². The van der Waals surface area contributed by atoms with Crippen LogP contribution in [-0.4, -0.2) is 43.7 Å². The van der Waals surface area contributed by atoms with E-state index in [2.05, 4.69) is 5.32 Å². The van der Waals surface area contributed by atoms with E-state index < -0.39 is 0 Å². The smallest absolute Gasteiger partial charge is 0.162 e. The van der Waals surface area contributed by atoms with Crippen molar-refractivity contribution in [3.8, 4) is 11.5 Å². The maximum atomic E-state index is 9.21. The van der Waals surface area contributed by atoms with Gasteiger partial charge < -0.3 is 25.0 Å². The van der Waals surface area contributed by atoms with Crippen molar-refractivity contribution in [2.75, 3.05) is 32.8 Å². The highest BCUT2D eigenvalue weighted by Gasteiger charge is 2.12.